The van der Waals surface area contributed by atoms with Crippen molar-refractivity contribution in [2.75, 3.05) is 6.61 Å². The van der Waals surface area contributed by atoms with Crippen LogP contribution in [0.5, 0.6) is 0 Å². The normalized spacial score (nSPS) is 33.9. The van der Waals surface area contributed by atoms with Gasteiger partial charge in [-0.15, -0.1) is 0 Å². The van der Waals surface area contributed by atoms with Crippen molar-refractivity contribution >= 4 is 0 Å². The maximum absolute atomic E-state index is 8.90. The van der Waals surface area contributed by atoms with Crippen LogP contribution in [0.25, 0.3) is 0 Å². The van der Waals surface area contributed by atoms with E-state index in [4.69, 9.17) is 5.11 Å². The monoisotopic (exact) mass is 239 g/mol. The summed E-state index contributed by atoms with van der Waals surface area (Å²) in [5, 5.41) is 8.90. The molecule has 1 N–H and O–H groups in total. The Morgan fingerprint density at radius 3 is 2.59 bits per heavy atom. The summed E-state index contributed by atoms with van der Waals surface area (Å²) in [5.41, 5.74) is 0. The van der Waals surface area contributed by atoms with E-state index >= 15 is 0 Å². The molecule has 0 unspecified atom stereocenters. The Balaban J connectivity index is 1.89. The Bertz CT molecular complexity index is 217. The third kappa shape index (κ3) is 3.23. The SMILES string of the molecule is CCC[C@@H]1CCC[C@@H]2CC[C@@H](CCCCO)N12. The summed E-state index contributed by atoms with van der Waals surface area (Å²) >= 11 is 0. The summed E-state index contributed by atoms with van der Waals surface area (Å²) < 4.78 is 0. The molecule has 3 atom stereocenters. The highest BCUT2D eigenvalue weighted by molar-refractivity contribution is 4.94. The highest BCUT2D eigenvalue weighted by atomic mass is 16.2. The molecule has 0 bridgehead atoms. The van der Waals surface area contributed by atoms with Crippen LogP contribution >= 0.6 is 0 Å². The molecule has 0 aromatic rings. The average molecular weight is 239 g/mol. The number of aliphatic hydroxyl groups is 1. The van der Waals surface area contributed by atoms with E-state index in [2.05, 4.69) is 11.8 Å². The summed E-state index contributed by atoms with van der Waals surface area (Å²) in [4.78, 5) is 2.88. The molecule has 0 aromatic carbocycles. The molecule has 2 saturated heterocycles. The lowest BCUT2D eigenvalue weighted by Gasteiger charge is -2.41. The lowest BCUT2D eigenvalue weighted by Crippen LogP contribution is -2.47. The summed E-state index contributed by atoms with van der Waals surface area (Å²) in [5.74, 6) is 0. The van der Waals surface area contributed by atoms with E-state index in [0.717, 1.165) is 24.5 Å². The second-order valence-electron chi connectivity index (χ2n) is 5.93. The zero-order valence-electron chi connectivity index (χ0n) is 11.4. The third-order valence-electron chi connectivity index (χ3n) is 4.74. The number of hydrogen-bond acceptors (Lipinski definition) is 2. The summed E-state index contributed by atoms with van der Waals surface area (Å²) in [6, 6.07) is 2.61. The molecule has 2 heterocycles. The van der Waals surface area contributed by atoms with Gasteiger partial charge in [0.05, 0.1) is 0 Å². The summed E-state index contributed by atoms with van der Waals surface area (Å²) in [6.07, 6.45) is 13.4. The van der Waals surface area contributed by atoms with Gasteiger partial charge in [0.25, 0.3) is 0 Å². The van der Waals surface area contributed by atoms with Gasteiger partial charge in [-0.3, -0.25) is 4.90 Å². The lowest BCUT2D eigenvalue weighted by molar-refractivity contribution is 0.0708. The minimum absolute atomic E-state index is 0.370. The Kier molecular flexibility index (Phi) is 5.30. The molecule has 2 heteroatoms. The van der Waals surface area contributed by atoms with Crippen LogP contribution in [0.3, 0.4) is 0 Å². The number of piperidine rings is 1. The van der Waals surface area contributed by atoms with Crippen LogP contribution in [0.15, 0.2) is 0 Å². The maximum atomic E-state index is 8.90. The molecule has 0 saturated carbocycles. The smallest absolute Gasteiger partial charge is 0.0431 e. The Morgan fingerprint density at radius 2 is 1.82 bits per heavy atom. The van der Waals surface area contributed by atoms with Crippen molar-refractivity contribution in [3.63, 3.8) is 0 Å². The van der Waals surface area contributed by atoms with Gasteiger partial charge in [0.15, 0.2) is 0 Å². The van der Waals surface area contributed by atoms with E-state index in [0.29, 0.717) is 6.61 Å². The van der Waals surface area contributed by atoms with Crippen LogP contribution in [0, 0.1) is 0 Å². The van der Waals surface area contributed by atoms with Crippen LogP contribution in [-0.4, -0.2) is 34.7 Å². The van der Waals surface area contributed by atoms with Crippen LogP contribution in [0.2, 0.25) is 0 Å². The second kappa shape index (κ2) is 6.75. The zero-order chi connectivity index (χ0) is 12.1. The molecule has 2 aliphatic heterocycles. The van der Waals surface area contributed by atoms with Gasteiger partial charge < -0.3 is 5.11 Å². The van der Waals surface area contributed by atoms with Crippen molar-refractivity contribution in [3.05, 3.63) is 0 Å². The first-order valence-electron chi connectivity index (χ1n) is 7.75. The minimum atomic E-state index is 0.370. The molecule has 17 heavy (non-hydrogen) atoms. The van der Waals surface area contributed by atoms with E-state index in [1.54, 1.807) is 0 Å². The van der Waals surface area contributed by atoms with Crippen molar-refractivity contribution in [3.8, 4) is 0 Å². The van der Waals surface area contributed by atoms with Crippen molar-refractivity contribution in [1.82, 2.24) is 4.90 Å². The Hall–Kier alpha value is -0.0800. The maximum Gasteiger partial charge on any atom is 0.0431 e. The largest absolute Gasteiger partial charge is 0.396 e. The van der Waals surface area contributed by atoms with E-state index in [1.165, 1.54) is 57.8 Å². The fourth-order valence-corrected chi connectivity index (χ4v) is 4.02. The van der Waals surface area contributed by atoms with Crippen LogP contribution in [0.1, 0.15) is 71.1 Å². The van der Waals surface area contributed by atoms with Crippen LogP contribution < -0.4 is 0 Å². The second-order valence-corrected chi connectivity index (χ2v) is 5.93. The average Bonchev–Trinajstić information content (AvgIpc) is 2.75. The van der Waals surface area contributed by atoms with Gasteiger partial charge >= 0.3 is 0 Å². The molecule has 2 nitrogen and oxygen atoms in total. The number of rotatable bonds is 6. The molecule has 0 aromatic heterocycles. The predicted octanol–water partition coefficient (Wildman–Crippen LogP) is 3.33. The molecule has 2 rings (SSSR count). The van der Waals surface area contributed by atoms with Gasteiger partial charge in [-0.1, -0.05) is 19.8 Å². The Labute approximate surface area is 106 Å². The fourth-order valence-electron chi connectivity index (χ4n) is 4.02. The quantitative estimate of drug-likeness (QED) is 0.719. The van der Waals surface area contributed by atoms with Gasteiger partial charge in [0.2, 0.25) is 0 Å². The first kappa shape index (κ1) is 13.4. The lowest BCUT2D eigenvalue weighted by atomic mass is 9.93. The molecule has 2 fully saturated rings. The van der Waals surface area contributed by atoms with Gasteiger partial charge in [0, 0.05) is 24.7 Å². The van der Waals surface area contributed by atoms with Gasteiger partial charge in [-0.25, -0.2) is 0 Å². The van der Waals surface area contributed by atoms with E-state index in [-0.39, 0.29) is 0 Å². The molecule has 2 aliphatic rings. The van der Waals surface area contributed by atoms with Crippen LogP contribution in [-0.2, 0) is 0 Å². The van der Waals surface area contributed by atoms with Crippen LogP contribution in [0.4, 0.5) is 0 Å². The van der Waals surface area contributed by atoms with E-state index < -0.39 is 0 Å². The highest BCUT2D eigenvalue weighted by Gasteiger charge is 2.39. The zero-order valence-corrected chi connectivity index (χ0v) is 11.4. The molecule has 0 spiro atoms. The van der Waals surface area contributed by atoms with Gasteiger partial charge in [-0.2, -0.15) is 0 Å². The van der Waals surface area contributed by atoms with Crippen molar-refractivity contribution in [2.24, 2.45) is 0 Å². The number of aliphatic hydroxyl groups excluding tert-OH is 1. The molecule has 0 aliphatic carbocycles. The standard InChI is InChI=1S/C15H29NO/c1-2-6-13-8-5-9-15-11-10-14(16(13)15)7-3-4-12-17/h13-15,17H,2-12H2,1H3/t13-,14-,15-/m1/s1. The number of fused-ring (bicyclic) bond motifs is 1. The molecule has 0 radical (unpaired) electrons. The number of nitrogens with zero attached hydrogens (tertiary/aromatic N) is 1. The number of unbranched alkanes of at least 4 members (excludes halogenated alkanes) is 1. The van der Waals surface area contributed by atoms with Gasteiger partial charge in [0.1, 0.15) is 0 Å². The topological polar surface area (TPSA) is 23.5 Å². The van der Waals surface area contributed by atoms with Gasteiger partial charge in [-0.05, 0) is 51.4 Å². The first-order valence-corrected chi connectivity index (χ1v) is 7.75. The molecular weight excluding hydrogens is 210 g/mol. The highest BCUT2D eigenvalue weighted by Crippen LogP contribution is 2.38. The summed E-state index contributed by atoms with van der Waals surface area (Å²) in [6.45, 7) is 2.69. The molecule has 100 valence electrons. The summed E-state index contributed by atoms with van der Waals surface area (Å²) in [7, 11) is 0. The molecule has 0 amide bonds. The third-order valence-corrected chi connectivity index (χ3v) is 4.74. The van der Waals surface area contributed by atoms with E-state index in [1.807, 2.05) is 0 Å². The first-order chi connectivity index (χ1) is 8.36. The van der Waals surface area contributed by atoms with Crippen molar-refractivity contribution in [1.29, 1.82) is 0 Å². The predicted molar refractivity (Wildman–Crippen MR) is 72.1 cm³/mol. The minimum Gasteiger partial charge on any atom is -0.396 e. The molecular formula is C15H29NO. The number of hydrogen-bond donors (Lipinski definition) is 1. The fraction of sp³-hybridized carbons (Fsp3) is 1.00. The van der Waals surface area contributed by atoms with E-state index in [9.17, 15) is 0 Å². The van der Waals surface area contributed by atoms with Crippen molar-refractivity contribution in [2.45, 2.75) is 89.3 Å². The van der Waals surface area contributed by atoms with Crippen molar-refractivity contribution < 1.29 is 5.11 Å². The Morgan fingerprint density at radius 1 is 1.00 bits per heavy atom.